The van der Waals surface area contributed by atoms with Crippen LogP contribution in [0.3, 0.4) is 0 Å². The fourth-order valence-electron chi connectivity index (χ4n) is 3.14. The molecule has 0 saturated carbocycles. The number of anilines is 1. The van der Waals surface area contributed by atoms with Crippen LogP contribution in [0, 0.1) is 11.7 Å². The van der Waals surface area contributed by atoms with Crippen molar-refractivity contribution in [3.8, 4) is 0 Å². The average molecular weight is 293 g/mol. The van der Waals surface area contributed by atoms with Crippen molar-refractivity contribution in [1.82, 2.24) is 10.2 Å². The van der Waals surface area contributed by atoms with E-state index in [-0.39, 0.29) is 5.82 Å². The highest BCUT2D eigenvalue weighted by atomic mass is 19.1. The van der Waals surface area contributed by atoms with Crippen LogP contribution in [-0.2, 0) is 6.54 Å². The Balaban J connectivity index is 2.22. The predicted octanol–water partition coefficient (Wildman–Crippen LogP) is 2.71. The molecule has 0 aliphatic carbocycles. The van der Waals surface area contributed by atoms with Gasteiger partial charge in [-0.05, 0) is 32.1 Å². The molecule has 1 aromatic rings. The molecule has 0 radical (unpaired) electrons. The first kappa shape index (κ1) is 16.2. The molecule has 1 fully saturated rings. The van der Waals surface area contributed by atoms with Crippen LogP contribution in [0.1, 0.15) is 26.3 Å². The van der Waals surface area contributed by atoms with Gasteiger partial charge in [-0.25, -0.2) is 4.39 Å². The van der Waals surface area contributed by atoms with Gasteiger partial charge in [0.1, 0.15) is 5.82 Å². The smallest absolute Gasteiger partial charge is 0.129 e. The van der Waals surface area contributed by atoms with Crippen LogP contribution in [0.25, 0.3) is 0 Å². The van der Waals surface area contributed by atoms with Crippen LogP contribution in [0.5, 0.6) is 0 Å². The van der Waals surface area contributed by atoms with E-state index in [2.05, 4.69) is 50.0 Å². The maximum absolute atomic E-state index is 14.2. The Kier molecular flexibility index (Phi) is 5.22. The monoisotopic (exact) mass is 293 g/mol. The summed E-state index contributed by atoms with van der Waals surface area (Å²) in [6.45, 7) is 8.97. The van der Waals surface area contributed by atoms with E-state index in [1.807, 2.05) is 12.1 Å². The average Bonchev–Trinajstić information content (AvgIpc) is 2.79. The van der Waals surface area contributed by atoms with E-state index in [1.165, 1.54) is 0 Å². The minimum Gasteiger partial charge on any atom is -0.369 e. The summed E-state index contributed by atoms with van der Waals surface area (Å²) in [5.74, 6) is 0.482. The first-order valence-electron chi connectivity index (χ1n) is 7.82. The topological polar surface area (TPSA) is 18.5 Å². The number of rotatable bonds is 5. The molecule has 2 rings (SSSR count). The van der Waals surface area contributed by atoms with Crippen LogP contribution in [-0.4, -0.2) is 44.2 Å². The second-order valence-corrected chi connectivity index (χ2v) is 6.69. The van der Waals surface area contributed by atoms with E-state index in [0.29, 0.717) is 24.5 Å². The van der Waals surface area contributed by atoms with Crippen LogP contribution in [0.15, 0.2) is 18.2 Å². The van der Waals surface area contributed by atoms with Crippen molar-refractivity contribution in [3.05, 3.63) is 29.6 Å². The van der Waals surface area contributed by atoms with Crippen molar-refractivity contribution in [1.29, 1.82) is 0 Å². The predicted molar refractivity (Wildman–Crippen MR) is 87.2 cm³/mol. The summed E-state index contributed by atoms with van der Waals surface area (Å²) in [7, 11) is 4.24. The van der Waals surface area contributed by atoms with Gasteiger partial charge in [-0.2, -0.15) is 0 Å². The molecule has 2 unspecified atom stereocenters. The molecule has 0 aromatic heterocycles. The van der Waals surface area contributed by atoms with Gasteiger partial charge in [0.05, 0.1) is 0 Å². The largest absolute Gasteiger partial charge is 0.369 e. The number of benzene rings is 1. The minimum absolute atomic E-state index is 0.110. The second-order valence-electron chi connectivity index (χ2n) is 6.69. The Morgan fingerprint density at radius 1 is 1.33 bits per heavy atom. The molecule has 118 valence electrons. The maximum Gasteiger partial charge on any atom is 0.129 e. The van der Waals surface area contributed by atoms with Gasteiger partial charge in [-0.1, -0.05) is 26.8 Å². The van der Waals surface area contributed by atoms with Crippen molar-refractivity contribution in [3.63, 3.8) is 0 Å². The summed E-state index contributed by atoms with van der Waals surface area (Å²) in [5, 5.41) is 3.33. The third kappa shape index (κ3) is 3.74. The standard InChI is InChI=1S/C17H28FN3/c1-12(2)19-9-14-15(18)7-6-8-16(14)21-10-13(3)17(11-21)20(4)5/h6-8,12-13,17,19H,9-11H2,1-5H3. The number of hydrogen-bond donors (Lipinski definition) is 1. The molecule has 1 aromatic carbocycles. The van der Waals surface area contributed by atoms with Gasteiger partial charge < -0.3 is 15.1 Å². The van der Waals surface area contributed by atoms with Crippen molar-refractivity contribution in [2.45, 2.75) is 39.4 Å². The Bertz CT molecular complexity index is 473. The lowest BCUT2D eigenvalue weighted by atomic mass is 10.1. The van der Waals surface area contributed by atoms with Gasteiger partial charge in [0.15, 0.2) is 0 Å². The summed E-state index contributed by atoms with van der Waals surface area (Å²) >= 11 is 0. The van der Waals surface area contributed by atoms with Crippen LogP contribution in [0.2, 0.25) is 0 Å². The molecule has 0 amide bonds. The van der Waals surface area contributed by atoms with Gasteiger partial charge in [0.2, 0.25) is 0 Å². The molecular weight excluding hydrogens is 265 g/mol. The Morgan fingerprint density at radius 3 is 2.62 bits per heavy atom. The van der Waals surface area contributed by atoms with Gasteiger partial charge in [-0.15, -0.1) is 0 Å². The summed E-state index contributed by atoms with van der Waals surface area (Å²) in [6.07, 6.45) is 0. The lowest BCUT2D eigenvalue weighted by Crippen LogP contribution is -2.34. The molecular formula is C17H28FN3. The molecule has 0 spiro atoms. The first-order chi connectivity index (χ1) is 9.90. The van der Waals surface area contributed by atoms with Crippen molar-refractivity contribution < 1.29 is 4.39 Å². The summed E-state index contributed by atoms with van der Waals surface area (Å²) < 4.78 is 14.2. The van der Waals surface area contributed by atoms with Crippen LogP contribution < -0.4 is 10.2 Å². The van der Waals surface area contributed by atoms with E-state index < -0.39 is 0 Å². The molecule has 4 heteroatoms. The van der Waals surface area contributed by atoms with E-state index in [4.69, 9.17) is 0 Å². The van der Waals surface area contributed by atoms with Crippen LogP contribution >= 0.6 is 0 Å². The lowest BCUT2D eigenvalue weighted by Gasteiger charge is -2.25. The number of nitrogens with zero attached hydrogens (tertiary/aromatic N) is 2. The molecule has 1 saturated heterocycles. The quantitative estimate of drug-likeness (QED) is 0.900. The Morgan fingerprint density at radius 2 is 2.05 bits per heavy atom. The van der Waals surface area contributed by atoms with E-state index in [9.17, 15) is 4.39 Å². The highest BCUT2D eigenvalue weighted by Gasteiger charge is 2.32. The summed E-state index contributed by atoms with van der Waals surface area (Å²) in [6, 6.07) is 6.30. The van der Waals surface area contributed by atoms with Gasteiger partial charge >= 0.3 is 0 Å². The first-order valence-corrected chi connectivity index (χ1v) is 7.82. The molecule has 1 aliphatic heterocycles. The van der Waals surface area contributed by atoms with Crippen LogP contribution in [0.4, 0.5) is 10.1 Å². The SMILES string of the molecule is CC(C)NCc1c(F)cccc1N1CC(C)C(N(C)C)C1. The minimum atomic E-state index is -0.110. The summed E-state index contributed by atoms with van der Waals surface area (Å²) in [5.41, 5.74) is 1.83. The van der Waals surface area contributed by atoms with Crippen molar-refractivity contribution in [2.75, 3.05) is 32.1 Å². The zero-order chi connectivity index (χ0) is 15.6. The van der Waals surface area contributed by atoms with E-state index in [1.54, 1.807) is 6.07 Å². The van der Waals surface area contributed by atoms with E-state index >= 15 is 0 Å². The molecule has 0 bridgehead atoms. The molecule has 1 aliphatic rings. The highest BCUT2D eigenvalue weighted by molar-refractivity contribution is 5.55. The molecule has 3 nitrogen and oxygen atoms in total. The van der Waals surface area contributed by atoms with Gasteiger partial charge in [0.25, 0.3) is 0 Å². The fraction of sp³-hybridized carbons (Fsp3) is 0.647. The number of likely N-dealkylation sites (N-methyl/N-ethyl adjacent to an activating group) is 1. The lowest BCUT2D eigenvalue weighted by molar-refractivity contribution is 0.266. The van der Waals surface area contributed by atoms with Crippen molar-refractivity contribution >= 4 is 5.69 Å². The third-order valence-electron chi connectivity index (χ3n) is 4.36. The number of nitrogens with one attached hydrogen (secondary N) is 1. The number of halogens is 1. The van der Waals surface area contributed by atoms with Crippen molar-refractivity contribution in [2.24, 2.45) is 5.92 Å². The molecule has 21 heavy (non-hydrogen) atoms. The molecule has 1 heterocycles. The maximum atomic E-state index is 14.2. The fourth-order valence-corrected chi connectivity index (χ4v) is 3.14. The molecule has 2 atom stereocenters. The number of hydrogen-bond acceptors (Lipinski definition) is 3. The molecule has 1 N–H and O–H groups in total. The highest BCUT2D eigenvalue weighted by Crippen LogP contribution is 2.30. The second kappa shape index (κ2) is 6.75. The van der Waals surface area contributed by atoms with Gasteiger partial charge in [0, 0.05) is 43.0 Å². The summed E-state index contributed by atoms with van der Waals surface area (Å²) in [4.78, 5) is 4.60. The Hall–Kier alpha value is -1.13. The zero-order valence-electron chi connectivity index (χ0n) is 13.9. The third-order valence-corrected chi connectivity index (χ3v) is 4.36. The van der Waals surface area contributed by atoms with E-state index in [0.717, 1.165) is 24.3 Å². The normalized spacial score (nSPS) is 22.6. The zero-order valence-corrected chi connectivity index (χ0v) is 13.9. The Labute approximate surface area is 128 Å². The van der Waals surface area contributed by atoms with Gasteiger partial charge in [-0.3, -0.25) is 0 Å².